The van der Waals surface area contributed by atoms with Crippen LogP contribution in [0.15, 0.2) is 30.5 Å². The molecule has 2 aliphatic carbocycles. The van der Waals surface area contributed by atoms with Crippen molar-refractivity contribution in [3.05, 3.63) is 41.8 Å². The number of hydrogen-bond acceptors (Lipinski definition) is 6. The second kappa shape index (κ2) is 7.23. The Morgan fingerprint density at radius 1 is 1.20 bits per heavy atom. The lowest BCUT2D eigenvalue weighted by Crippen LogP contribution is -2.51. The number of hydrogen-bond donors (Lipinski definition) is 4. The summed E-state index contributed by atoms with van der Waals surface area (Å²) in [6, 6.07) is 7.15. The fraction of sp³-hybridized carbons (Fsp3) is 0.429. The molecule has 2 saturated carbocycles. The van der Waals surface area contributed by atoms with Crippen LogP contribution < -0.4 is 21.7 Å². The van der Waals surface area contributed by atoms with Crippen LogP contribution in [0.25, 0.3) is 0 Å². The molecule has 0 spiro atoms. The largest absolute Gasteiger partial charge is 0.369 e. The minimum absolute atomic E-state index is 0.0200. The number of aromatic nitrogens is 2. The zero-order valence-corrected chi connectivity index (χ0v) is 16.3. The molecule has 1 aromatic carbocycles. The molecule has 6 bridgehead atoms. The third-order valence-corrected chi connectivity index (χ3v) is 6.55. The van der Waals surface area contributed by atoms with Crippen molar-refractivity contribution in [3.8, 4) is 0 Å². The maximum atomic E-state index is 14.5. The van der Waals surface area contributed by atoms with Gasteiger partial charge in [0.1, 0.15) is 0 Å². The number of halogens is 1. The maximum Gasteiger partial charge on any atom is 0.229 e. The summed E-state index contributed by atoms with van der Waals surface area (Å²) < 4.78 is 14.5. The molecular weight excluding hydrogens is 387 g/mol. The molecule has 5 atom stereocenters. The predicted octanol–water partition coefficient (Wildman–Crippen LogP) is 1.71. The number of rotatable bonds is 1. The van der Waals surface area contributed by atoms with E-state index in [-0.39, 0.29) is 35.6 Å². The van der Waals surface area contributed by atoms with Crippen molar-refractivity contribution in [2.24, 2.45) is 23.5 Å². The molecule has 0 saturated heterocycles. The van der Waals surface area contributed by atoms with E-state index < -0.39 is 23.7 Å². The van der Waals surface area contributed by atoms with E-state index in [4.69, 9.17) is 5.73 Å². The van der Waals surface area contributed by atoms with Gasteiger partial charge in [-0.25, -0.2) is 9.37 Å². The standard InChI is InChI=1S/C21H23FN6O2/c22-14-9-24-21-25-12-3-1-2-10(6-12)4-5-16(29)26-15-8-11-7-13(15)18(17(11)19(23)30)27-20(14)28-21/h1-3,6,9,11,13,15,17-18H,4-5,7-8H2,(H2,23,30)(H,26,29)(H2,24,25,27,28)/t11-,13-,15-,17+,18-/m1/s1. The minimum Gasteiger partial charge on any atom is -0.369 e. The van der Waals surface area contributed by atoms with Gasteiger partial charge in [0.15, 0.2) is 11.6 Å². The Kier molecular flexibility index (Phi) is 4.52. The zero-order chi connectivity index (χ0) is 20.8. The van der Waals surface area contributed by atoms with E-state index in [0.717, 1.165) is 23.9 Å². The molecule has 0 radical (unpaired) electrons. The topological polar surface area (TPSA) is 122 Å². The average Bonchev–Trinajstić information content (AvgIpc) is 3.26. The van der Waals surface area contributed by atoms with E-state index in [0.29, 0.717) is 19.3 Å². The number of aryl methyl sites for hydroxylation is 1. The van der Waals surface area contributed by atoms with Crippen LogP contribution in [-0.4, -0.2) is 33.9 Å². The second-order valence-corrected chi connectivity index (χ2v) is 8.38. The van der Waals surface area contributed by atoms with Gasteiger partial charge in [0.2, 0.25) is 17.8 Å². The van der Waals surface area contributed by atoms with Gasteiger partial charge in [-0.1, -0.05) is 12.1 Å². The number of amides is 2. The van der Waals surface area contributed by atoms with Crippen molar-refractivity contribution in [1.82, 2.24) is 15.3 Å². The lowest BCUT2D eigenvalue weighted by Gasteiger charge is -2.35. The summed E-state index contributed by atoms with van der Waals surface area (Å²) in [5.74, 6) is -1.17. The highest BCUT2D eigenvalue weighted by molar-refractivity contribution is 5.80. The van der Waals surface area contributed by atoms with E-state index in [9.17, 15) is 14.0 Å². The van der Waals surface area contributed by atoms with Crippen LogP contribution in [0, 0.1) is 23.6 Å². The lowest BCUT2D eigenvalue weighted by molar-refractivity contribution is -0.124. The summed E-state index contributed by atoms with van der Waals surface area (Å²) in [6.07, 6.45) is 3.54. The molecule has 5 N–H and O–H groups in total. The van der Waals surface area contributed by atoms with E-state index in [2.05, 4.69) is 25.9 Å². The van der Waals surface area contributed by atoms with Gasteiger partial charge in [0.25, 0.3) is 0 Å². The number of fused-ring (bicyclic) bond motifs is 5. The number of benzene rings is 1. The van der Waals surface area contributed by atoms with E-state index >= 15 is 0 Å². The highest BCUT2D eigenvalue weighted by atomic mass is 19.1. The number of nitrogens with zero attached hydrogens (tertiary/aromatic N) is 2. The van der Waals surface area contributed by atoms with Crippen molar-refractivity contribution in [2.75, 3.05) is 10.6 Å². The van der Waals surface area contributed by atoms with Gasteiger partial charge in [-0.15, -0.1) is 0 Å². The number of nitrogens with two attached hydrogens (primary N) is 1. The highest BCUT2D eigenvalue weighted by Gasteiger charge is 2.55. The van der Waals surface area contributed by atoms with Crippen LogP contribution >= 0.6 is 0 Å². The van der Waals surface area contributed by atoms with Gasteiger partial charge in [0.05, 0.1) is 12.1 Å². The van der Waals surface area contributed by atoms with E-state index in [1.54, 1.807) is 0 Å². The monoisotopic (exact) mass is 410 g/mol. The molecule has 2 heterocycles. The summed E-state index contributed by atoms with van der Waals surface area (Å²) in [6.45, 7) is 0. The van der Waals surface area contributed by atoms with Crippen molar-refractivity contribution >= 4 is 29.3 Å². The van der Waals surface area contributed by atoms with Crippen molar-refractivity contribution < 1.29 is 14.0 Å². The fourth-order valence-electron chi connectivity index (χ4n) is 5.29. The number of carbonyl (C=O) groups is 2. The Morgan fingerprint density at radius 2 is 2.07 bits per heavy atom. The van der Waals surface area contributed by atoms with Crippen LogP contribution in [-0.2, 0) is 16.0 Å². The number of anilines is 3. The number of primary amides is 1. The molecule has 0 unspecified atom stereocenters. The smallest absolute Gasteiger partial charge is 0.229 e. The third-order valence-electron chi connectivity index (χ3n) is 6.55. The van der Waals surface area contributed by atoms with Crippen LogP contribution in [0.3, 0.4) is 0 Å². The highest BCUT2D eigenvalue weighted by Crippen LogP contribution is 2.49. The Morgan fingerprint density at radius 3 is 2.90 bits per heavy atom. The van der Waals surface area contributed by atoms with E-state index in [1.165, 1.54) is 0 Å². The fourth-order valence-corrected chi connectivity index (χ4v) is 5.29. The van der Waals surface area contributed by atoms with Gasteiger partial charge in [-0.05, 0) is 42.9 Å². The molecule has 5 rings (SSSR count). The predicted molar refractivity (Wildman–Crippen MR) is 108 cm³/mol. The molecule has 2 aromatic rings. The van der Waals surface area contributed by atoms with Crippen molar-refractivity contribution in [2.45, 2.75) is 37.8 Å². The molecule has 9 heteroatoms. The molecular formula is C21H23FN6O2. The SMILES string of the molecule is NC(=O)[C@H]1[C@@H]2C[C@H]3[C@H]1Nc1nc(ncc1F)Nc1cccc(c1)CCC(=O)N[C@@H]3C2. The van der Waals surface area contributed by atoms with Crippen LogP contribution in [0.4, 0.5) is 21.8 Å². The average molecular weight is 410 g/mol. The Hall–Kier alpha value is -3.23. The molecule has 8 nitrogen and oxygen atoms in total. The van der Waals surface area contributed by atoms with Gasteiger partial charge < -0.3 is 21.7 Å². The van der Waals surface area contributed by atoms with E-state index in [1.807, 2.05) is 24.3 Å². The van der Waals surface area contributed by atoms with Gasteiger partial charge in [-0.2, -0.15) is 4.98 Å². The summed E-state index contributed by atoms with van der Waals surface area (Å²) in [7, 11) is 0. The number of nitrogens with one attached hydrogen (secondary N) is 3. The van der Waals surface area contributed by atoms with Crippen molar-refractivity contribution in [1.29, 1.82) is 0 Å². The molecule has 2 fully saturated rings. The summed E-state index contributed by atoms with van der Waals surface area (Å²) in [5.41, 5.74) is 7.43. The summed E-state index contributed by atoms with van der Waals surface area (Å²) in [4.78, 5) is 33.1. The summed E-state index contributed by atoms with van der Waals surface area (Å²) in [5, 5.41) is 9.32. The lowest BCUT2D eigenvalue weighted by atomic mass is 9.81. The zero-order valence-electron chi connectivity index (χ0n) is 16.3. The molecule has 3 aliphatic rings. The second-order valence-electron chi connectivity index (χ2n) is 8.38. The Bertz CT molecular complexity index is 1010. The Balaban J connectivity index is 1.53. The third kappa shape index (κ3) is 3.34. The quantitative estimate of drug-likeness (QED) is 0.568. The minimum atomic E-state index is -0.606. The maximum absolute atomic E-state index is 14.5. The normalized spacial score (nSPS) is 29.8. The van der Waals surface area contributed by atoms with Gasteiger partial charge >= 0.3 is 0 Å². The molecule has 30 heavy (non-hydrogen) atoms. The van der Waals surface area contributed by atoms with Gasteiger partial charge in [0, 0.05) is 30.1 Å². The molecule has 1 aromatic heterocycles. The van der Waals surface area contributed by atoms with Crippen LogP contribution in [0.5, 0.6) is 0 Å². The summed E-state index contributed by atoms with van der Waals surface area (Å²) >= 11 is 0. The Labute approximate surface area is 172 Å². The first kappa shape index (κ1) is 18.8. The number of carbonyl (C=O) groups excluding carboxylic acids is 2. The first-order valence-electron chi connectivity index (χ1n) is 10.2. The first-order chi connectivity index (χ1) is 14.5. The van der Waals surface area contributed by atoms with Crippen LogP contribution in [0.2, 0.25) is 0 Å². The molecule has 1 aliphatic heterocycles. The van der Waals surface area contributed by atoms with Crippen molar-refractivity contribution in [3.63, 3.8) is 0 Å². The molecule has 156 valence electrons. The van der Waals surface area contributed by atoms with Crippen LogP contribution in [0.1, 0.15) is 24.8 Å². The first-order valence-corrected chi connectivity index (χ1v) is 10.2. The van der Waals surface area contributed by atoms with Gasteiger partial charge in [-0.3, -0.25) is 9.59 Å². The molecule has 2 amide bonds.